The predicted octanol–water partition coefficient (Wildman–Crippen LogP) is 0.154. The minimum absolute atomic E-state index is 0.0370. The molecule has 6 nitrogen and oxygen atoms in total. The van der Waals surface area contributed by atoms with E-state index in [0.717, 1.165) is 6.20 Å². The summed E-state index contributed by atoms with van der Waals surface area (Å²) in [5, 5.41) is 10.2. The van der Waals surface area contributed by atoms with E-state index in [1.807, 2.05) is 0 Å². The van der Waals surface area contributed by atoms with Gasteiger partial charge in [0.2, 0.25) is 0 Å². The zero-order valence-corrected chi connectivity index (χ0v) is 5.52. The summed E-state index contributed by atoms with van der Waals surface area (Å²) in [6, 6.07) is 0. The molecule has 0 bridgehead atoms. The van der Waals surface area contributed by atoms with Crippen molar-refractivity contribution >= 4 is 17.1 Å². The Morgan fingerprint density at radius 2 is 2.09 bits per heavy atom. The lowest BCUT2D eigenvalue weighted by Gasteiger charge is -1.97. The van der Waals surface area contributed by atoms with E-state index in [1.54, 1.807) is 0 Å². The molecule has 0 aliphatic rings. The molecule has 0 aromatic carbocycles. The molecule has 11 heavy (non-hydrogen) atoms. The number of nitrogen functional groups attached to an aromatic ring is 2. The first kappa shape index (κ1) is 7.26. The molecule has 0 saturated heterocycles. The standard InChI is InChI=1S/C5H6N4O2/c6-3-1-8-2-4(5(3)7)9(10)11/h1-2H,6H2,(H2,7,8). The first-order valence-electron chi connectivity index (χ1n) is 2.76. The molecule has 58 valence electrons. The van der Waals surface area contributed by atoms with Gasteiger partial charge in [-0.3, -0.25) is 15.1 Å². The van der Waals surface area contributed by atoms with Crippen molar-refractivity contribution in [1.82, 2.24) is 4.98 Å². The lowest BCUT2D eigenvalue weighted by atomic mass is 10.3. The average Bonchev–Trinajstić information content (AvgIpc) is 1.94. The quantitative estimate of drug-likeness (QED) is 0.442. The fourth-order valence-electron chi connectivity index (χ4n) is 0.621. The van der Waals surface area contributed by atoms with Crippen LogP contribution in [0, 0.1) is 10.1 Å². The van der Waals surface area contributed by atoms with Crippen molar-refractivity contribution < 1.29 is 4.92 Å². The van der Waals surface area contributed by atoms with Crippen LogP contribution in [0.1, 0.15) is 0 Å². The molecule has 0 fully saturated rings. The van der Waals surface area contributed by atoms with Crippen LogP contribution < -0.4 is 11.5 Å². The Kier molecular flexibility index (Phi) is 1.59. The van der Waals surface area contributed by atoms with Gasteiger partial charge in [0.1, 0.15) is 11.9 Å². The number of rotatable bonds is 1. The minimum Gasteiger partial charge on any atom is -0.396 e. The van der Waals surface area contributed by atoms with Gasteiger partial charge in [-0.05, 0) is 0 Å². The Bertz CT molecular complexity index is 299. The van der Waals surface area contributed by atoms with Crippen molar-refractivity contribution in [3.05, 3.63) is 22.5 Å². The van der Waals surface area contributed by atoms with E-state index in [-0.39, 0.29) is 17.1 Å². The molecule has 4 N–H and O–H groups in total. The first-order valence-corrected chi connectivity index (χ1v) is 2.76. The van der Waals surface area contributed by atoms with Crippen LogP contribution in [0.5, 0.6) is 0 Å². The minimum atomic E-state index is -0.626. The molecule has 0 atom stereocenters. The lowest BCUT2D eigenvalue weighted by molar-refractivity contribution is -0.384. The molecular formula is C5H6N4O2. The molecule has 0 unspecified atom stereocenters. The Labute approximate surface area is 62.0 Å². The van der Waals surface area contributed by atoms with Crippen molar-refractivity contribution in [3.63, 3.8) is 0 Å². The smallest absolute Gasteiger partial charge is 0.312 e. The highest BCUT2D eigenvalue weighted by atomic mass is 16.6. The highest BCUT2D eigenvalue weighted by molar-refractivity contribution is 5.72. The summed E-state index contributed by atoms with van der Waals surface area (Å²) in [6.07, 6.45) is 2.33. The fraction of sp³-hybridized carbons (Fsp3) is 0. The summed E-state index contributed by atoms with van der Waals surface area (Å²) in [5.41, 5.74) is 10.4. The molecule has 1 rings (SSSR count). The molecule has 0 amide bonds. The lowest BCUT2D eigenvalue weighted by Crippen LogP contribution is -2.00. The van der Waals surface area contributed by atoms with Crippen LogP contribution in [-0.4, -0.2) is 9.91 Å². The number of nitro groups is 1. The second-order valence-corrected chi connectivity index (χ2v) is 1.92. The molecule has 1 aromatic heterocycles. The second-order valence-electron chi connectivity index (χ2n) is 1.92. The maximum absolute atomic E-state index is 10.2. The van der Waals surface area contributed by atoms with Gasteiger partial charge in [0.05, 0.1) is 16.8 Å². The SMILES string of the molecule is Nc1cncc([N+](=O)[O-])c1N. The third-order valence-electron chi connectivity index (χ3n) is 1.19. The van der Waals surface area contributed by atoms with E-state index in [0.29, 0.717) is 0 Å². The normalized spacial score (nSPS) is 9.45. The van der Waals surface area contributed by atoms with Crippen LogP contribution in [-0.2, 0) is 0 Å². The molecular weight excluding hydrogens is 148 g/mol. The van der Waals surface area contributed by atoms with Crippen LogP contribution in [0.4, 0.5) is 17.1 Å². The summed E-state index contributed by atoms with van der Waals surface area (Å²) < 4.78 is 0. The van der Waals surface area contributed by atoms with Gasteiger partial charge in [-0.15, -0.1) is 0 Å². The van der Waals surface area contributed by atoms with E-state index < -0.39 is 4.92 Å². The van der Waals surface area contributed by atoms with Gasteiger partial charge in [-0.25, -0.2) is 0 Å². The zero-order valence-electron chi connectivity index (χ0n) is 5.52. The fourth-order valence-corrected chi connectivity index (χ4v) is 0.621. The predicted molar refractivity (Wildman–Crippen MR) is 39.7 cm³/mol. The van der Waals surface area contributed by atoms with E-state index in [2.05, 4.69) is 4.98 Å². The summed E-state index contributed by atoms with van der Waals surface area (Å²) in [4.78, 5) is 13.1. The Morgan fingerprint density at radius 1 is 1.45 bits per heavy atom. The van der Waals surface area contributed by atoms with E-state index in [4.69, 9.17) is 11.5 Å². The summed E-state index contributed by atoms with van der Waals surface area (Å²) in [5.74, 6) is 0. The van der Waals surface area contributed by atoms with Crippen LogP contribution in [0.2, 0.25) is 0 Å². The number of aromatic nitrogens is 1. The van der Waals surface area contributed by atoms with Crippen LogP contribution in [0.3, 0.4) is 0 Å². The highest BCUT2D eigenvalue weighted by Gasteiger charge is 2.12. The first-order chi connectivity index (χ1) is 5.13. The van der Waals surface area contributed by atoms with Crippen molar-refractivity contribution in [1.29, 1.82) is 0 Å². The van der Waals surface area contributed by atoms with E-state index in [1.165, 1.54) is 6.20 Å². The third-order valence-corrected chi connectivity index (χ3v) is 1.19. The van der Waals surface area contributed by atoms with Gasteiger partial charge in [0, 0.05) is 0 Å². The monoisotopic (exact) mass is 154 g/mol. The number of hydrogen-bond donors (Lipinski definition) is 2. The van der Waals surface area contributed by atoms with Gasteiger partial charge in [-0.2, -0.15) is 0 Å². The molecule has 0 aliphatic heterocycles. The molecule has 6 heteroatoms. The van der Waals surface area contributed by atoms with Gasteiger partial charge >= 0.3 is 5.69 Å². The highest BCUT2D eigenvalue weighted by Crippen LogP contribution is 2.24. The molecule has 0 spiro atoms. The van der Waals surface area contributed by atoms with E-state index >= 15 is 0 Å². The maximum Gasteiger partial charge on any atom is 0.312 e. The van der Waals surface area contributed by atoms with Crippen molar-refractivity contribution in [2.75, 3.05) is 11.5 Å². The zero-order chi connectivity index (χ0) is 8.43. The van der Waals surface area contributed by atoms with Crippen LogP contribution in [0.15, 0.2) is 12.4 Å². The van der Waals surface area contributed by atoms with Gasteiger partial charge in [-0.1, -0.05) is 0 Å². The van der Waals surface area contributed by atoms with E-state index in [9.17, 15) is 10.1 Å². The second kappa shape index (κ2) is 2.41. The molecule has 0 saturated carbocycles. The van der Waals surface area contributed by atoms with Crippen molar-refractivity contribution in [3.8, 4) is 0 Å². The van der Waals surface area contributed by atoms with Crippen molar-refractivity contribution in [2.24, 2.45) is 0 Å². The molecule has 1 heterocycles. The summed E-state index contributed by atoms with van der Waals surface area (Å²) in [6.45, 7) is 0. The maximum atomic E-state index is 10.2. The summed E-state index contributed by atoms with van der Waals surface area (Å²) >= 11 is 0. The third kappa shape index (κ3) is 1.18. The number of nitrogens with zero attached hydrogens (tertiary/aromatic N) is 2. The molecule has 0 radical (unpaired) electrons. The van der Waals surface area contributed by atoms with Gasteiger partial charge < -0.3 is 11.5 Å². The number of pyridine rings is 1. The Balaban J connectivity index is 3.27. The largest absolute Gasteiger partial charge is 0.396 e. The number of nitrogens with two attached hydrogens (primary N) is 2. The summed E-state index contributed by atoms with van der Waals surface area (Å²) in [7, 11) is 0. The number of anilines is 2. The van der Waals surface area contributed by atoms with Gasteiger partial charge in [0.15, 0.2) is 0 Å². The molecule has 0 aliphatic carbocycles. The topological polar surface area (TPSA) is 108 Å². The van der Waals surface area contributed by atoms with Crippen LogP contribution >= 0.6 is 0 Å². The number of hydrogen-bond acceptors (Lipinski definition) is 5. The van der Waals surface area contributed by atoms with Gasteiger partial charge in [0.25, 0.3) is 0 Å². The Morgan fingerprint density at radius 3 is 2.55 bits per heavy atom. The molecule has 1 aromatic rings. The average molecular weight is 154 g/mol. The Hall–Kier alpha value is -1.85. The van der Waals surface area contributed by atoms with Crippen LogP contribution in [0.25, 0.3) is 0 Å². The van der Waals surface area contributed by atoms with Crippen molar-refractivity contribution in [2.45, 2.75) is 0 Å².